The molecule has 0 radical (unpaired) electrons. The second-order valence-corrected chi connectivity index (χ2v) is 9.65. The van der Waals surface area contributed by atoms with Crippen molar-refractivity contribution in [2.75, 3.05) is 19.7 Å². The zero-order chi connectivity index (χ0) is 20.2. The zero-order valence-corrected chi connectivity index (χ0v) is 16.6. The highest BCUT2D eigenvalue weighted by Gasteiger charge is 2.58. The number of carbonyl (C=O) groups is 2. The van der Waals surface area contributed by atoms with Gasteiger partial charge < -0.3 is 14.7 Å². The summed E-state index contributed by atoms with van der Waals surface area (Å²) in [6.07, 6.45) is 6.36. The van der Waals surface area contributed by atoms with Crippen molar-refractivity contribution in [1.29, 1.82) is 0 Å². The number of rotatable bonds is 6. The molecule has 1 aliphatic heterocycles. The molecule has 1 heterocycles. The highest BCUT2D eigenvalue weighted by atomic mass is 19.1. The molecule has 4 bridgehead atoms. The first-order chi connectivity index (χ1) is 13.9. The van der Waals surface area contributed by atoms with Crippen LogP contribution in [0.2, 0.25) is 0 Å². The van der Waals surface area contributed by atoms with Gasteiger partial charge in [-0.15, -0.1) is 0 Å². The quantitative estimate of drug-likeness (QED) is 0.795. The average Bonchev–Trinajstić information content (AvgIpc) is 2.63. The van der Waals surface area contributed by atoms with Crippen LogP contribution in [0.5, 0.6) is 0 Å². The van der Waals surface area contributed by atoms with Gasteiger partial charge in [0, 0.05) is 24.9 Å². The summed E-state index contributed by atoms with van der Waals surface area (Å²) in [5, 5.41) is 8.74. The van der Waals surface area contributed by atoms with Crippen LogP contribution in [0, 0.1) is 29.5 Å². The standard InChI is InChI=1S/C23H28FNO4/c24-19-3-1-16(2-4-19)23(17-6-14-5-15(8-17)9-18(23)7-14)10-21(26)25-11-20(12-25)29-13-22(27)28/h1-4,14-15,17-18,20H,5-13H2,(H,27,28). The number of benzene rings is 1. The third kappa shape index (κ3) is 3.25. The van der Waals surface area contributed by atoms with E-state index in [1.807, 2.05) is 12.1 Å². The lowest BCUT2D eigenvalue weighted by atomic mass is 9.43. The maximum Gasteiger partial charge on any atom is 0.329 e. The molecular weight excluding hydrogens is 373 g/mol. The van der Waals surface area contributed by atoms with Crippen LogP contribution in [-0.4, -0.2) is 47.7 Å². The van der Waals surface area contributed by atoms with Crippen LogP contribution in [0.15, 0.2) is 24.3 Å². The van der Waals surface area contributed by atoms with Crippen molar-refractivity contribution < 1.29 is 23.8 Å². The zero-order valence-electron chi connectivity index (χ0n) is 16.6. The summed E-state index contributed by atoms with van der Waals surface area (Å²) in [5.41, 5.74) is 0.936. The molecule has 0 spiro atoms. The smallest absolute Gasteiger partial charge is 0.329 e. The normalized spacial score (nSPS) is 35.6. The summed E-state index contributed by atoms with van der Waals surface area (Å²) in [4.78, 5) is 25.7. The first-order valence-corrected chi connectivity index (χ1v) is 10.8. The van der Waals surface area contributed by atoms with Gasteiger partial charge in [0.1, 0.15) is 12.4 Å². The number of likely N-dealkylation sites (tertiary alicyclic amines) is 1. The van der Waals surface area contributed by atoms with Crippen molar-refractivity contribution in [1.82, 2.24) is 4.90 Å². The van der Waals surface area contributed by atoms with E-state index >= 15 is 0 Å². The molecule has 0 aromatic heterocycles. The van der Waals surface area contributed by atoms with E-state index in [0.29, 0.717) is 31.3 Å². The minimum absolute atomic E-state index is 0.122. The van der Waals surface area contributed by atoms with Gasteiger partial charge in [0.05, 0.1) is 6.10 Å². The molecule has 1 saturated heterocycles. The van der Waals surface area contributed by atoms with Crippen molar-refractivity contribution >= 4 is 11.9 Å². The SMILES string of the molecule is O=C(O)COC1CN(C(=O)CC2(c3ccc(F)cc3)C3CC4CC(C3)CC2C4)C1. The fourth-order valence-electron chi connectivity index (χ4n) is 6.95. The molecule has 29 heavy (non-hydrogen) atoms. The van der Waals surface area contributed by atoms with Crippen LogP contribution < -0.4 is 0 Å². The number of ether oxygens (including phenoxy) is 1. The molecule has 0 unspecified atom stereocenters. The molecule has 5 nitrogen and oxygen atoms in total. The summed E-state index contributed by atoms with van der Waals surface area (Å²) in [7, 11) is 0. The molecule has 1 N–H and O–H groups in total. The van der Waals surface area contributed by atoms with Gasteiger partial charge in [-0.3, -0.25) is 4.79 Å². The Hall–Kier alpha value is -1.95. The van der Waals surface area contributed by atoms with Gasteiger partial charge >= 0.3 is 5.97 Å². The highest BCUT2D eigenvalue weighted by molar-refractivity contribution is 5.79. The Kier molecular flexibility index (Phi) is 4.65. The maximum atomic E-state index is 13.6. The van der Waals surface area contributed by atoms with E-state index in [1.54, 1.807) is 4.90 Å². The number of aliphatic carboxylic acids is 1. The van der Waals surface area contributed by atoms with E-state index in [9.17, 15) is 14.0 Å². The van der Waals surface area contributed by atoms with Gasteiger partial charge in [0.15, 0.2) is 0 Å². The van der Waals surface area contributed by atoms with Gasteiger partial charge in [-0.2, -0.15) is 0 Å². The minimum Gasteiger partial charge on any atom is -0.480 e. The lowest BCUT2D eigenvalue weighted by Crippen LogP contribution is -2.60. The number of halogens is 1. The Morgan fingerprint density at radius 1 is 1.03 bits per heavy atom. The molecule has 5 aliphatic rings. The van der Waals surface area contributed by atoms with Crippen molar-refractivity contribution in [2.24, 2.45) is 23.7 Å². The Morgan fingerprint density at radius 2 is 1.62 bits per heavy atom. The number of carboxylic acids is 1. The molecular formula is C23H28FNO4. The van der Waals surface area contributed by atoms with E-state index < -0.39 is 5.97 Å². The molecule has 4 aliphatic carbocycles. The van der Waals surface area contributed by atoms with E-state index in [-0.39, 0.29) is 29.9 Å². The predicted molar refractivity (Wildman–Crippen MR) is 104 cm³/mol. The average molecular weight is 401 g/mol. The summed E-state index contributed by atoms with van der Waals surface area (Å²) >= 11 is 0. The molecule has 6 heteroatoms. The van der Waals surface area contributed by atoms with Gasteiger partial charge in [-0.1, -0.05) is 12.1 Å². The van der Waals surface area contributed by atoms with Crippen LogP contribution in [0.1, 0.15) is 44.1 Å². The Bertz CT molecular complexity index is 774. The minimum atomic E-state index is -0.987. The predicted octanol–water partition coefficient (Wildman–Crippen LogP) is 3.22. The maximum absolute atomic E-state index is 13.6. The Morgan fingerprint density at radius 3 is 2.17 bits per heavy atom. The largest absolute Gasteiger partial charge is 0.480 e. The lowest BCUT2D eigenvalue weighted by Gasteiger charge is -2.62. The fraction of sp³-hybridized carbons (Fsp3) is 0.652. The number of hydrogen-bond donors (Lipinski definition) is 1. The first kappa shape index (κ1) is 19.0. The third-order valence-corrected chi connectivity index (χ3v) is 8.06. The summed E-state index contributed by atoms with van der Waals surface area (Å²) in [5.74, 6) is 1.47. The number of amides is 1. The molecule has 1 amide bonds. The molecule has 6 rings (SSSR count). The van der Waals surface area contributed by atoms with E-state index in [2.05, 4.69) is 0 Å². The topological polar surface area (TPSA) is 66.8 Å². The van der Waals surface area contributed by atoms with Crippen LogP contribution in [0.4, 0.5) is 4.39 Å². The van der Waals surface area contributed by atoms with E-state index in [1.165, 1.54) is 44.2 Å². The van der Waals surface area contributed by atoms with Gasteiger partial charge in [-0.05, 0) is 73.5 Å². The lowest BCUT2D eigenvalue weighted by molar-refractivity contribution is -0.157. The van der Waals surface area contributed by atoms with Crippen molar-refractivity contribution in [3.8, 4) is 0 Å². The van der Waals surface area contributed by atoms with E-state index in [0.717, 1.165) is 17.4 Å². The second-order valence-electron chi connectivity index (χ2n) is 9.65. The number of carbonyl (C=O) groups excluding carboxylic acids is 1. The molecule has 0 atom stereocenters. The monoisotopic (exact) mass is 401 g/mol. The Labute approximate surface area is 170 Å². The van der Waals surface area contributed by atoms with Crippen molar-refractivity contribution in [2.45, 2.75) is 50.0 Å². The number of hydrogen-bond acceptors (Lipinski definition) is 3. The van der Waals surface area contributed by atoms with Crippen LogP contribution in [0.25, 0.3) is 0 Å². The molecule has 1 aromatic rings. The Balaban J connectivity index is 1.36. The second kappa shape index (κ2) is 7.08. The first-order valence-electron chi connectivity index (χ1n) is 10.8. The fourth-order valence-corrected chi connectivity index (χ4v) is 6.95. The van der Waals surface area contributed by atoms with E-state index in [4.69, 9.17) is 9.84 Å². The van der Waals surface area contributed by atoms with Crippen molar-refractivity contribution in [3.63, 3.8) is 0 Å². The number of nitrogens with zero attached hydrogens (tertiary/aromatic N) is 1. The van der Waals surface area contributed by atoms with Crippen molar-refractivity contribution in [3.05, 3.63) is 35.6 Å². The third-order valence-electron chi connectivity index (χ3n) is 8.06. The summed E-state index contributed by atoms with van der Waals surface area (Å²) in [6, 6.07) is 6.87. The molecule has 156 valence electrons. The highest BCUT2D eigenvalue weighted by Crippen LogP contribution is 2.64. The van der Waals surface area contributed by atoms with Gasteiger partial charge in [0.25, 0.3) is 0 Å². The summed E-state index contributed by atoms with van der Waals surface area (Å²) < 4.78 is 18.9. The van der Waals surface area contributed by atoms with Crippen LogP contribution >= 0.6 is 0 Å². The number of carboxylic acid groups (broad SMARTS) is 1. The molecule has 4 saturated carbocycles. The van der Waals surface area contributed by atoms with Gasteiger partial charge in [-0.25, -0.2) is 9.18 Å². The molecule has 1 aromatic carbocycles. The molecule has 5 fully saturated rings. The summed E-state index contributed by atoms with van der Waals surface area (Å²) in [6.45, 7) is 0.609. The van der Waals surface area contributed by atoms with Gasteiger partial charge in [0.2, 0.25) is 5.91 Å². The van der Waals surface area contributed by atoms with Crippen LogP contribution in [0.3, 0.4) is 0 Å². The van der Waals surface area contributed by atoms with Crippen LogP contribution in [-0.2, 0) is 19.7 Å².